The first-order valence-corrected chi connectivity index (χ1v) is 7.19. The van der Waals surface area contributed by atoms with Gasteiger partial charge in [-0.2, -0.15) is 0 Å². The zero-order valence-corrected chi connectivity index (χ0v) is 13.3. The summed E-state index contributed by atoms with van der Waals surface area (Å²) in [5.41, 5.74) is -0.298. The quantitative estimate of drug-likeness (QED) is 0.847. The molecule has 0 fully saturated rings. The molecule has 5 nitrogen and oxygen atoms in total. The van der Waals surface area contributed by atoms with E-state index in [0.29, 0.717) is 0 Å². The predicted molar refractivity (Wildman–Crippen MR) is 80.8 cm³/mol. The number of hydrogen-bond donors (Lipinski definition) is 1. The summed E-state index contributed by atoms with van der Waals surface area (Å²) in [6.07, 6.45) is 2.30. The SMILES string of the molecule is CC[C@H](C)[C@H](NC(=O)c1ccccn1)C(=O)OC(C)(C)C. The maximum absolute atomic E-state index is 12.3. The van der Waals surface area contributed by atoms with Crippen LogP contribution in [0.25, 0.3) is 0 Å². The van der Waals surface area contributed by atoms with Crippen LogP contribution in [0.2, 0.25) is 0 Å². The highest BCUT2D eigenvalue weighted by Crippen LogP contribution is 2.15. The third-order valence-electron chi connectivity index (χ3n) is 3.06. The van der Waals surface area contributed by atoms with Crippen molar-refractivity contribution in [2.24, 2.45) is 5.92 Å². The lowest BCUT2D eigenvalue weighted by atomic mass is 9.98. The van der Waals surface area contributed by atoms with Crippen molar-refractivity contribution < 1.29 is 14.3 Å². The maximum Gasteiger partial charge on any atom is 0.329 e. The smallest absolute Gasteiger partial charge is 0.329 e. The molecule has 0 saturated carbocycles. The Morgan fingerprint density at radius 2 is 2.00 bits per heavy atom. The minimum Gasteiger partial charge on any atom is -0.458 e. The van der Waals surface area contributed by atoms with Gasteiger partial charge in [-0.25, -0.2) is 4.79 Å². The zero-order valence-electron chi connectivity index (χ0n) is 13.3. The third-order valence-corrected chi connectivity index (χ3v) is 3.06. The Morgan fingerprint density at radius 3 is 2.48 bits per heavy atom. The topological polar surface area (TPSA) is 68.3 Å². The van der Waals surface area contributed by atoms with Gasteiger partial charge >= 0.3 is 5.97 Å². The molecule has 21 heavy (non-hydrogen) atoms. The van der Waals surface area contributed by atoms with Crippen LogP contribution < -0.4 is 5.32 Å². The molecule has 1 rings (SSSR count). The molecule has 0 unspecified atom stereocenters. The Morgan fingerprint density at radius 1 is 1.33 bits per heavy atom. The predicted octanol–water partition coefficient (Wildman–Crippen LogP) is 2.57. The van der Waals surface area contributed by atoms with Gasteiger partial charge in [0.25, 0.3) is 5.91 Å². The number of rotatable bonds is 5. The van der Waals surface area contributed by atoms with E-state index in [9.17, 15) is 9.59 Å². The normalized spacial score (nSPS) is 14.1. The fourth-order valence-electron chi connectivity index (χ4n) is 1.75. The Hall–Kier alpha value is -1.91. The van der Waals surface area contributed by atoms with Gasteiger partial charge in [0.1, 0.15) is 17.3 Å². The van der Waals surface area contributed by atoms with E-state index in [-0.39, 0.29) is 17.5 Å². The van der Waals surface area contributed by atoms with E-state index in [4.69, 9.17) is 4.74 Å². The fraction of sp³-hybridized carbons (Fsp3) is 0.562. The van der Waals surface area contributed by atoms with Gasteiger partial charge in [-0.05, 0) is 38.8 Å². The second-order valence-corrected chi connectivity index (χ2v) is 6.09. The van der Waals surface area contributed by atoms with Crippen LogP contribution in [0.3, 0.4) is 0 Å². The zero-order chi connectivity index (χ0) is 16.0. The first-order valence-electron chi connectivity index (χ1n) is 7.19. The molecule has 0 saturated heterocycles. The van der Waals surface area contributed by atoms with Gasteiger partial charge in [-0.3, -0.25) is 9.78 Å². The van der Waals surface area contributed by atoms with E-state index in [1.807, 2.05) is 13.8 Å². The lowest BCUT2D eigenvalue weighted by molar-refractivity contribution is -0.158. The number of amides is 1. The van der Waals surface area contributed by atoms with E-state index in [1.54, 1.807) is 45.2 Å². The van der Waals surface area contributed by atoms with Gasteiger partial charge < -0.3 is 10.1 Å². The van der Waals surface area contributed by atoms with E-state index < -0.39 is 17.6 Å². The van der Waals surface area contributed by atoms with Crippen LogP contribution >= 0.6 is 0 Å². The Kier molecular flexibility index (Phi) is 5.88. The maximum atomic E-state index is 12.3. The highest BCUT2D eigenvalue weighted by molar-refractivity contribution is 5.95. The molecule has 1 amide bonds. The Bertz CT molecular complexity index is 480. The molecule has 2 atom stereocenters. The molecule has 0 aliphatic carbocycles. The second-order valence-electron chi connectivity index (χ2n) is 6.09. The van der Waals surface area contributed by atoms with Gasteiger partial charge in [-0.1, -0.05) is 26.3 Å². The van der Waals surface area contributed by atoms with Crippen LogP contribution in [0.1, 0.15) is 51.5 Å². The molecule has 0 spiro atoms. The summed E-state index contributed by atoms with van der Waals surface area (Å²) in [5.74, 6) is -0.805. The number of aromatic nitrogens is 1. The number of ether oxygens (including phenoxy) is 1. The Balaban J connectivity index is 2.84. The molecule has 1 aromatic heterocycles. The molecule has 1 heterocycles. The molecule has 0 radical (unpaired) electrons. The van der Waals surface area contributed by atoms with E-state index in [0.717, 1.165) is 6.42 Å². The number of nitrogens with one attached hydrogen (secondary N) is 1. The monoisotopic (exact) mass is 292 g/mol. The summed E-state index contributed by atoms with van der Waals surface area (Å²) in [6.45, 7) is 9.29. The first kappa shape index (κ1) is 17.1. The van der Waals surface area contributed by atoms with Crippen LogP contribution in [-0.4, -0.2) is 28.5 Å². The van der Waals surface area contributed by atoms with Gasteiger partial charge in [0.2, 0.25) is 0 Å². The van der Waals surface area contributed by atoms with Crippen molar-refractivity contribution in [3.05, 3.63) is 30.1 Å². The Labute approximate surface area is 126 Å². The molecule has 1 aromatic rings. The van der Waals surface area contributed by atoms with Crippen molar-refractivity contribution in [1.82, 2.24) is 10.3 Å². The van der Waals surface area contributed by atoms with E-state index in [2.05, 4.69) is 10.3 Å². The van der Waals surface area contributed by atoms with Gasteiger partial charge in [0, 0.05) is 6.20 Å². The summed E-state index contributed by atoms with van der Waals surface area (Å²) < 4.78 is 5.39. The summed E-state index contributed by atoms with van der Waals surface area (Å²) in [4.78, 5) is 28.4. The van der Waals surface area contributed by atoms with Crippen molar-refractivity contribution in [2.75, 3.05) is 0 Å². The number of carbonyl (C=O) groups excluding carboxylic acids is 2. The minimum atomic E-state index is -0.677. The van der Waals surface area contributed by atoms with Gasteiger partial charge in [0.15, 0.2) is 0 Å². The van der Waals surface area contributed by atoms with Crippen molar-refractivity contribution in [3.63, 3.8) is 0 Å². The fourth-order valence-corrected chi connectivity index (χ4v) is 1.75. The molecule has 0 bridgehead atoms. The van der Waals surface area contributed by atoms with Crippen LogP contribution in [0.4, 0.5) is 0 Å². The number of nitrogens with zero attached hydrogens (tertiary/aromatic N) is 1. The molecule has 0 aliphatic heterocycles. The highest BCUT2D eigenvalue weighted by atomic mass is 16.6. The van der Waals surface area contributed by atoms with Gasteiger partial charge in [0.05, 0.1) is 0 Å². The average Bonchev–Trinajstić information content (AvgIpc) is 2.42. The number of carbonyl (C=O) groups is 2. The van der Waals surface area contributed by atoms with E-state index >= 15 is 0 Å². The number of pyridine rings is 1. The van der Waals surface area contributed by atoms with Crippen molar-refractivity contribution in [1.29, 1.82) is 0 Å². The summed E-state index contributed by atoms with van der Waals surface area (Å²) in [6, 6.07) is 4.39. The largest absolute Gasteiger partial charge is 0.458 e. The van der Waals surface area contributed by atoms with Crippen molar-refractivity contribution in [2.45, 2.75) is 52.7 Å². The standard InChI is InChI=1S/C16H24N2O3/c1-6-11(2)13(15(20)21-16(3,4)5)18-14(19)12-9-7-8-10-17-12/h7-11,13H,6H2,1-5H3,(H,18,19)/t11-,13-/m0/s1. The van der Waals surface area contributed by atoms with Crippen LogP contribution in [0.5, 0.6) is 0 Å². The molecular formula is C16H24N2O3. The molecule has 0 aliphatic rings. The summed E-state index contributed by atoms with van der Waals surface area (Å²) in [5, 5.41) is 2.73. The minimum absolute atomic E-state index is 0.0208. The summed E-state index contributed by atoms with van der Waals surface area (Å²) >= 11 is 0. The first-order chi connectivity index (χ1) is 9.74. The average molecular weight is 292 g/mol. The molecule has 0 aromatic carbocycles. The van der Waals surface area contributed by atoms with Crippen LogP contribution in [-0.2, 0) is 9.53 Å². The van der Waals surface area contributed by atoms with Crippen LogP contribution in [0.15, 0.2) is 24.4 Å². The van der Waals surface area contributed by atoms with E-state index in [1.165, 1.54) is 0 Å². The number of esters is 1. The van der Waals surface area contributed by atoms with Crippen LogP contribution in [0, 0.1) is 5.92 Å². The van der Waals surface area contributed by atoms with Gasteiger partial charge in [-0.15, -0.1) is 0 Å². The lowest BCUT2D eigenvalue weighted by Crippen LogP contribution is -2.48. The molecule has 1 N–H and O–H groups in total. The van der Waals surface area contributed by atoms with Crippen molar-refractivity contribution in [3.8, 4) is 0 Å². The van der Waals surface area contributed by atoms with Crippen molar-refractivity contribution >= 4 is 11.9 Å². The highest BCUT2D eigenvalue weighted by Gasteiger charge is 2.30. The summed E-state index contributed by atoms with van der Waals surface area (Å²) in [7, 11) is 0. The molecule has 5 heteroatoms. The second kappa shape index (κ2) is 7.20. The molecule has 116 valence electrons. The third kappa shape index (κ3) is 5.53. The molecular weight excluding hydrogens is 268 g/mol. The number of hydrogen-bond acceptors (Lipinski definition) is 4. The lowest BCUT2D eigenvalue weighted by Gasteiger charge is -2.27.